The van der Waals surface area contributed by atoms with Crippen LogP contribution in [0.25, 0.3) is 11.3 Å². The minimum atomic E-state index is -0.924. The molecular weight excluding hydrogens is 571 g/mol. The molecule has 6 rings (SSSR count). The van der Waals surface area contributed by atoms with E-state index in [1.165, 1.54) is 18.2 Å². The number of carbonyl (C=O) groups is 2. The number of amides is 3. The molecule has 0 unspecified atom stereocenters. The zero-order valence-corrected chi connectivity index (χ0v) is 24.1. The van der Waals surface area contributed by atoms with Crippen molar-refractivity contribution >= 4 is 35.1 Å². The van der Waals surface area contributed by atoms with Crippen molar-refractivity contribution in [1.82, 2.24) is 15.3 Å². The van der Waals surface area contributed by atoms with Crippen molar-refractivity contribution in [2.45, 2.75) is 39.3 Å². The number of rotatable bonds is 5. The highest BCUT2D eigenvalue weighted by Gasteiger charge is 2.35. The molecule has 0 saturated carbocycles. The van der Waals surface area contributed by atoms with Gasteiger partial charge in [0, 0.05) is 41.5 Å². The van der Waals surface area contributed by atoms with Crippen LogP contribution in [0.15, 0.2) is 54.6 Å². The maximum Gasteiger partial charge on any atom is 0.328 e. The van der Waals surface area contributed by atoms with Gasteiger partial charge < -0.3 is 21.3 Å². The molecule has 1 aromatic heterocycles. The van der Waals surface area contributed by atoms with Crippen LogP contribution in [0.2, 0.25) is 0 Å². The summed E-state index contributed by atoms with van der Waals surface area (Å²) in [5.41, 5.74) is 8.85. The number of aryl methyl sites for hydroxylation is 2. The number of halogens is 3. The second kappa shape index (κ2) is 11.6. The Labute approximate surface area is 251 Å². The van der Waals surface area contributed by atoms with E-state index in [1.54, 1.807) is 31.2 Å². The van der Waals surface area contributed by atoms with E-state index in [0.29, 0.717) is 54.0 Å². The van der Waals surface area contributed by atoms with Crippen molar-refractivity contribution in [3.05, 3.63) is 94.3 Å². The van der Waals surface area contributed by atoms with Gasteiger partial charge in [0.1, 0.15) is 23.1 Å². The van der Waals surface area contributed by atoms with Crippen molar-refractivity contribution in [2.24, 2.45) is 5.73 Å². The van der Waals surface area contributed by atoms with Crippen molar-refractivity contribution in [1.29, 1.82) is 0 Å². The molecule has 1 fully saturated rings. The fourth-order valence-electron chi connectivity index (χ4n) is 5.41. The van der Waals surface area contributed by atoms with Crippen LogP contribution in [0, 0.1) is 31.3 Å². The lowest BCUT2D eigenvalue weighted by Crippen LogP contribution is -2.44. The zero-order valence-electron chi connectivity index (χ0n) is 24.1. The van der Waals surface area contributed by atoms with E-state index < -0.39 is 35.1 Å². The highest BCUT2D eigenvalue weighted by atomic mass is 19.1. The molecule has 3 amide bonds. The number of anilines is 4. The lowest BCUT2D eigenvalue weighted by Gasteiger charge is -2.34. The van der Waals surface area contributed by atoms with Gasteiger partial charge in [-0.05, 0) is 74.2 Å². The highest BCUT2D eigenvalue weighted by molar-refractivity contribution is 6.05. The molecule has 4 aromatic rings. The van der Waals surface area contributed by atoms with E-state index in [2.05, 4.69) is 10.6 Å². The number of hydrogen-bond acceptors (Lipinski definition) is 6. The third-order valence-electron chi connectivity index (χ3n) is 7.97. The van der Waals surface area contributed by atoms with Crippen molar-refractivity contribution in [3.63, 3.8) is 0 Å². The molecular formula is C32H30F3N7O2. The van der Waals surface area contributed by atoms with Crippen LogP contribution in [-0.2, 0) is 6.54 Å². The number of piperidine rings is 1. The van der Waals surface area contributed by atoms with Gasteiger partial charge in [-0.2, -0.15) is 4.98 Å². The van der Waals surface area contributed by atoms with E-state index >= 15 is 8.78 Å². The lowest BCUT2D eigenvalue weighted by atomic mass is 9.99. The third-order valence-corrected chi connectivity index (χ3v) is 7.97. The Morgan fingerprint density at radius 2 is 1.66 bits per heavy atom. The molecule has 0 spiro atoms. The number of nitrogens with zero attached hydrogens (tertiary/aromatic N) is 4. The molecule has 12 heteroatoms. The number of carbonyl (C=O) groups excluding carboxylic acids is 2. The largest absolute Gasteiger partial charge is 0.341 e. The van der Waals surface area contributed by atoms with Gasteiger partial charge in [0.25, 0.3) is 5.91 Å². The first-order valence-electron chi connectivity index (χ1n) is 14.2. The van der Waals surface area contributed by atoms with Crippen LogP contribution in [0.1, 0.15) is 39.9 Å². The van der Waals surface area contributed by atoms with Gasteiger partial charge in [0.05, 0.1) is 12.2 Å². The Hall–Kier alpha value is -4.97. The van der Waals surface area contributed by atoms with Gasteiger partial charge in [0.15, 0.2) is 5.82 Å². The van der Waals surface area contributed by atoms with E-state index in [-0.39, 0.29) is 29.9 Å². The average Bonchev–Trinajstić information content (AvgIpc) is 3.00. The number of hydrogen-bond donors (Lipinski definition) is 3. The summed E-state index contributed by atoms with van der Waals surface area (Å²) in [6, 6.07) is 12.1. The van der Waals surface area contributed by atoms with Crippen LogP contribution in [-0.4, -0.2) is 41.0 Å². The molecule has 2 aliphatic heterocycles. The van der Waals surface area contributed by atoms with Gasteiger partial charge in [-0.3, -0.25) is 4.79 Å². The summed E-state index contributed by atoms with van der Waals surface area (Å²) in [5, 5.41) is 5.50. The summed E-state index contributed by atoms with van der Waals surface area (Å²) in [5.74, 6) is -2.50. The topological polar surface area (TPSA) is 116 Å². The minimum absolute atomic E-state index is 0.000103. The molecule has 4 N–H and O–H groups in total. The minimum Gasteiger partial charge on any atom is -0.341 e. The van der Waals surface area contributed by atoms with Crippen LogP contribution < -0.4 is 26.2 Å². The summed E-state index contributed by atoms with van der Waals surface area (Å²) in [7, 11) is 0. The number of para-hydroxylation sites is 1. The highest BCUT2D eigenvalue weighted by Crippen LogP contribution is 2.40. The number of fused-ring (bicyclic) bond motifs is 1. The van der Waals surface area contributed by atoms with Crippen molar-refractivity contribution < 1.29 is 22.8 Å². The molecule has 44 heavy (non-hydrogen) atoms. The van der Waals surface area contributed by atoms with Crippen LogP contribution in [0.3, 0.4) is 0 Å². The Balaban J connectivity index is 1.48. The summed E-state index contributed by atoms with van der Waals surface area (Å²) < 4.78 is 44.2. The molecule has 9 nitrogen and oxygen atoms in total. The zero-order chi connectivity index (χ0) is 31.1. The first-order chi connectivity index (χ1) is 21.1. The normalized spacial score (nSPS) is 15.2. The first kappa shape index (κ1) is 29.1. The second-order valence-corrected chi connectivity index (χ2v) is 11.0. The fraction of sp³-hybridized carbons (Fsp3) is 0.250. The quantitative estimate of drug-likeness (QED) is 0.270. The van der Waals surface area contributed by atoms with Crippen LogP contribution in [0.5, 0.6) is 0 Å². The van der Waals surface area contributed by atoms with Gasteiger partial charge in [-0.1, -0.05) is 18.2 Å². The van der Waals surface area contributed by atoms with E-state index in [9.17, 15) is 14.0 Å². The maximum atomic E-state index is 15.1. The molecule has 3 aromatic carbocycles. The summed E-state index contributed by atoms with van der Waals surface area (Å²) >= 11 is 0. The molecule has 3 heterocycles. The summed E-state index contributed by atoms with van der Waals surface area (Å²) in [4.78, 5) is 38.6. The van der Waals surface area contributed by atoms with Gasteiger partial charge in [0.2, 0.25) is 5.95 Å². The van der Waals surface area contributed by atoms with Crippen molar-refractivity contribution in [3.8, 4) is 11.3 Å². The monoisotopic (exact) mass is 601 g/mol. The molecule has 0 aliphatic carbocycles. The predicted octanol–water partition coefficient (Wildman–Crippen LogP) is 5.72. The lowest BCUT2D eigenvalue weighted by molar-refractivity contribution is 0.102. The predicted molar refractivity (Wildman–Crippen MR) is 161 cm³/mol. The number of urea groups is 1. The molecule has 0 bridgehead atoms. The fourth-order valence-corrected chi connectivity index (χ4v) is 5.41. The smallest absolute Gasteiger partial charge is 0.328 e. The van der Waals surface area contributed by atoms with Gasteiger partial charge in [-0.25, -0.2) is 27.8 Å². The van der Waals surface area contributed by atoms with Crippen LogP contribution in [0.4, 0.5) is 41.1 Å². The van der Waals surface area contributed by atoms with E-state index in [4.69, 9.17) is 15.7 Å². The summed E-state index contributed by atoms with van der Waals surface area (Å²) in [6.07, 6.45) is 1.39. The first-order valence-corrected chi connectivity index (χ1v) is 14.2. The average molecular weight is 602 g/mol. The number of aromatic nitrogens is 2. The number of nitrogens with one attached hydrogen (secondary N) is 2. The third kappa shape index (κ3) is 5.44. The Morgan fingerprint density at radius 3 is 2.36 bits per heavy atom. The molecule has 0 atom stereocenters. The van der Waals surface area contributed by atoms with E-state index in [1.807, 2.05) is 11.8 Å². The van der Waals surface area contributed by atoms with Gasteiger partial charge >= 0.3 is 6.03 Å². The molecule has 1 saturated heterocycles. The Kier molecular flexibility index (Phi) is 7.68. The van der Waals surface area contributed by atoms with Crippen molar-refractivity contribution in [2.75, 3.05) is 28.2 Å². The Morgan fingerprint density at radius 1 is 0.955 bits per heavy atom. The number of benzene rings is 3. The molecule has 226 valence electrons. The van der Waals surface area contributed by atoms with E-state index in [0.717, 1.165) is 22.6 Å². The van der Waals surface area contributed by atoms with Crippen LogP contribution >= 0.6 is 0 Å². The SMILES string of the molecule is Cc1ccc(C(=O)Nc2ccc(C)c(-c3nc(N4CCC(N)CC4)nc4c3CNC(=O)N4c3c(F)cccc3F)c2)cc1F. The molecule has 0 radical (unpaired) electrons. The standard InChI is InChI=1S/C32H30F3N7O2/c1-17-7-9-21(38-30(43)19-8-6-18(2)26(35)14-19)15-22(17)27-23-16-37-32(44)42(28-24(33)4-3-5-25(28)34)29(23)40-31(39-27)41-12-10-20(36)11-13-41/h3-9,14-15,20H,10-13,16,36H2,1-2H3,(H,37,44)(H,38,43). The van der Waals surface area contributed by atoms with Gasteiger partial charge in [-0.15, -0.1) is 0 Å². The maximum absolute atomic E-state index is 15.1. The summed E-state index contributed by atoms with van der Waals surface area (Å²) in [6.45, 7) is 4.59. The number of nitrogens with two attached hydrogens (primary N) is 1. The second-order valence-electron chi connectivity index (χ2n) is 11.0. The molecule has 2 aliphatic rings. The Bertz CT molecular complexity index is 1770.